The Morgan fingerprint density at radius 3 is 2.26 bits per heavy atom. The van der Waals surface area contributed by atoms with Crippen LogP contribution in [0.4, 0.5) is 5.82 Å². The minimum Gasteiger partial charge on any atom is -0.290 e. The van der Waals surface area contributed by atoms with E-state index in [1.807, 2.05) is 55.5 Å². The second-order valence-corrected chi connectivity index (χ2v) is 4.42. The molecule has 0 unspecified atom stereocenters. The van der Waals surface area contributed by atoms with Crippen LogP contribution in [-0.2, 0) is 0 Å². The van der Waals surface area contributed by atoms with Crippen molar-refractivity contribution in [3.05, 3.63) is 54.1 Å². The van der Waals surface area contributed by atoms with Gasteiger partial charge in [-0.2, -0.15) is 0 Å². The lowest BCUT2D eigenvalue weighted by Crippen LogP contribution is -1.98. The van der Waals surface area contributed by atoms with Gasteiger partial charge in [-0.1, -0.05) is 54.1 Å². The van der Waals surface area contributed by atoms with Crippen LogP contribution in [0.5, 0.6) is 0 Å². The average molecular weight is 251 g/mol. The van der Waals surface area contributed by atoms with Crippen molar-refractivity contribution < 1.29 is 5.21 Å². The number of rotatable bonds is 2. The highest BCUT2D eigenvalue weighted by Crippen LogP contribution is 2.29. The number of fused-ring (bicyclic) bond motifs is 1. The molecule has 94 valence electrons. The molecule has 1 aromatic heterocycles. The van der Waals surface area contributed by atoms with E-state index in [2.05, 4.69) is 15.7 Å². The third-order valence-electron chi connectivity index (χ3n) is 3.12. The molecule has 0 radical (unpaired) electrons. The zero-order valence-electron chi connectivity index (χ0n) is 10.5. The Morgan fingerprint density at radius 2 is 1.58 bits per heavy atom. The highest BCUT2D eigenvalue weighted by molar-refractivity contribution is 5.99. The summed E-state index contributed by atoms with van der Waals surface area (Å²) in [4.78, 5) is 0. The maximum Gasteiger partial charge on any atom is 0.180 e. The summed E-state index contributed by atoms with van der Waals surface area (Å²) in [6.45, 7) is 2.05. The normalized spacial score (nSPS) is 10.6. The first-order valence-electron chi connectivity index (χ1n) is 6.02. The molecule has 4 heteroatoms. The zero-order chi connectivity index (χ0) is 13.2. The van der Waals surface area contributed by atoms with Crippen molar-refractivity contribution >= 4 is 16.6 Å². The van der Waals surface area contributed by atoms with E-state index in [9.17, 15) is 0 Å². The first kappa shape index (κ1) is 11.6. The summed E-state index contributed by atoms with van der Waals surface area (Å²) in [6, 6.07) is 15.9. The van der Waals surface area contributed by atoms with Gasteiger partial charge in [0.2, 0.25) is 0 Å². The Morgan fingerprint density at radius 1 is 0.895 bits per heavy atom. The Bertz CT molecular complexity index is 723. The molecular weight excluding hydrogens is 238 g/mol. The van der Waals surface area contributed by atoms with Gasteiger partial charge in [-0.3, -0.25) is 10.7 Å². The monoisotopic (exact) mass is 251 g/mol. The first-order valence-corrected chi connectivity index (χ1v) is 6.02. The van der Waals surface area contributed by atoms with Gasteiger partial charge in [0.25, 0.3) is 0 Å². The molecule has 1 heterocycles. The maximum absolute atomic E-state index is 9.08. The molecule has 2 N–H and O–H groups in total. The van der Waals surface area contributed by atoms with Crippen molar-refractivity contribution in [2.45, 2.75) is 6.92 Å². The van der Waals surface area contributed by atoms with Gasteiger partial charge >= 0.3 is 0 Å². The third kappa shape index (κ3) is 2.02. The molecule has 2 aromatic carbocycles. The van der Waals surface area contributed by atoms with Crippen LogP contribution in [0.3, 0.4) is 0 Å². The lowest BCUT2D eigenvalue weighted by molar-refractivity contribution is 0.386. The number of hydrogen-bond donors (Lipinski definition) is 2. The van der Waals surface area contributed by atoms with Gasteiger partial charge < -0.3 is 0 Å². The van der Waals surface area contributed by atoms with Crippen molar-refractivity contribution in [1.29, 1.82) is 0 Å². The standard InChI is InChI=1S/C15H13N3O/c1-10-6-8-11(9-7-10)14-12-4-2-3-5-13(12)15(18-19)17-16-14/h2-9,19H,1H3,(H,17,18). The molecule has 3 aromatic rings. The molecule has 0 fully saturated rings. The number of hydrogen-bond acceptors (Lipinski definition) is 4. The molecule has 0 aliphatic rings. The van der Waals surface area contributed by atoms with Crippen molar-refractivity contribution in [2.75, 3.05) is 5.48 Å². The van der Waals surface area contributed by atoms with Gasteiger partial charge in [-0.15, -0.1) is 10.2 Å². The van der Waals surface area contributed by atoms with Crippen molar-refractivity contribution in [3.8, 4) is 11.3 Å². The number of nitrogens with zero attached hydrogens (tertiary/aromatic N) is 2. The van der Waals surface area contributed by atoms with Crippen molar-refractivity contribution in [1.82, 2.24) is 10.2 Å². The summed E-state index contributed by atoms with van der Waals surface area (Å²) >= 11 is 0. The van der Waals surface area contributed by atoms with E-state index in [1.54, 1.807) is 0 Å². The summed E-state index contributed by atoms with van der Waals surface area (Å²) in [6.07, 6.45) is 0. The van der Waals surface area contributed by atoms with Gasteiger partial charge in [0.1, 0.15) is 5.69 Å². The largest absolute Gasteiger partial charge is 0.290 e. The minimum atomic E-state index is 0.367. The molecule has 0 bridgehead atoms. The lowest BCUT2D eigenvalue weighted by atomic mass is 10.0. The SMILES string of the molecule is Cc1ccc(-c2nnc(NO)c3ccccc23)cc1. The third-order valence-corrected chi connectivity index (χ3v) is 3.12. The minimum absolute atomic E-state index is 0.367. The van der Waals surface area contributed by atoms with Gasteiger partial charge in [0.05, 0.1) is 0 Å². The number of benzene rings is 2. The molecule has 0 atom stereocenters. The van der Waals surface area contributed by atoms with Crippen LogP contribution in [0.1, 0.15) is 5.56 Å². The molecule has 3 rings (SSSR count). The predicted octanol–water partition coefficient (Wildman–Crippen LogP) is 3.41. The molecule has 0 aliphatic heterocycles. The summed E-state index contributed by atoms with van der Waals surface area (Å²) < 4.78 is 0. The Balaban J connectivity index is 2.27. The Hall–Kier alpha value is -2.46. The smallest absolute Gasteiger partial charge is 0.180 e. The fourth-order valence-electron chi connectivity index (χ4n) is 2.11. The summed E-state index contributed by atoms with van der Waals surface area (Å²) in [5.41, 5.74) is 5.11. The lowest BCUT2D eigenvalue weighted by Gasteiger charge is -2.08. The molecular formula is C15H13N3O. The Kier molecular flexibility index (Phi) is 2.85. The van der Waals surface area contributed by atoms with Crippen molar-refractivity contribution in [3.63, 3.8) is 0 Å². The summed E-state index contributed by atoms with van der Waals surface area (Å²) in [5.74, 6) is 0.367. The molecule has 0 saturated heterocycles. The second kappa shape index (κ2) is 4.66. The van der Waals surface area contributed by atoms with Gasteiger partial charge in [0.15, 0.2) is 5.82 Å². The quantitative estimate of drug-likeness (QED) is 0.685. The van der Waals surface area contributed by atoms with Crippen molar-refractivity contribution in [2.24, 2.45) is 0 Å². The van der Waals surface area contributed by atoms with E-state index >= 15 is 0 Å². The fraction of sp³-hybridized carbons (Fsp3) is 0.0667. The molecule has 0 amide bonds. The Labute approximate surface area is 110 Å². The average Bonchev–Trinajstić information content (AvgIpc) is 2.47. The van der Waals surface area contributed by atoms with E-state index in [1.165, 1.54) is 5.56 Å². The number of anilines is 1. The van der Waals surface area contributed by atoms with Crippen LogP contribution in [0.2, 0.25) is 0 Å². The van der Waals surface area contributed by atoms with Crippen LogP contribution in [0.15, 0.2) is 48.5 Å². The van der Waals surface area contributed by atoms with E-state index < -0.39 is 0 Å². The van der Waals surface area contributed by atoms with Crippen LogP contribution >= 0.6 is 0 Å². The number of aromatic nitrogens is 2. The van der Waals surface area contributed by atoms with Crippen LogP contribution < -0.4 is 5.48 Å². The fourth-order valence-corrected chi connectivity index (χ4v) is 2.11. The second-order valence-electron chi connectivity index (χ2n) is 4.42. The summed E-state index contributed by atoms with van der Waals surface area (Å²) in [7, 11) is 0. The first-order chi connectivity index (χ1) is 9.29. The van der Waals surface area contributed by atoms with E-state index in [0.717, 1.165) is 22.0 Å². The molecule has 19 heavy (non-hydrogen) atoms. The topological polar surface area (TPSA) is 58.0 Å². The zero-order valence-corrected chi connectivity index (χ0v) is 10.5. The maximum atomic E-state index is 9.08. The van der Waals surface area contributed by atoms with E-state index in [-0.39, 0.29) is 0 Å². The van der Waals surface area contributed by atoms with Gasteiger partial charge in [-0.25, -0.2) is 0 Å². The van der Waals surface area contributed by atoms with Crippen LogP contribution in [-0.4, -0.2) is 15.4 Å². The van der Waals surface area contributed by atoms with Crippen LogP contribution in [0, 0.1) is 6.92 Å². The summed E-state index contributed by atoms with van der Waals surface area (Å²) in [5, 5.41) is 19.1. The van der Waals surface area contributed by atoms with Gasteiger partial charge in [0, 0.05) is 16.3 Å². The molecule has 0 spiro atoms. The van der Waals surface area contributed by atoms with E-state index in [0.29, 0.717) is 5.82 Å². The highest BCUT2D eigenvalue weighted by Gasteiger charge is 2.09. The molecule has 0 saturated carbocycles. The number of aryl methyl sites for hydroxylation is 1. The molecule has 0 aliphatic carbocycles. The van der Waals surface area contributed by atoms with E-state index in [4.69, 9.17) is 5.21 Å². The molecule has 4 nitrogen and oxygen atoms in total. The van der Waals surface area contributed by atoms with Crippen LogP contribution in [0.25, 0.3) is 22.0 Å². The highest BCUT2D eigenvalue weighted by atomic mass is 16.5. The number of nitrogens with one attached hydrogen (secondary N) is 1. The van der Waals surface area contributed by atoms with Gasteiger partial charge in [-0.05, 0) is 6.92 Å². The predicted molar refractivity (Wildman–Crippen MR) is 75.1 cm³/mol.